The fraction of sp³-hybridized carbons (Fsp3) is 0.400. The highest BCUT2D eigenvalue weighted by atomic mass is 16.1. The molecular formula is C10H11N5O. The molecule has 0 aromatic carbocycles. The maximum atomic E-state index is 10.5. The molecule has 1 fully saturated rings. The summed E-state index contributed by atoms with van der Waals surface area (Å²) in [7, 11) is 0. The van der Waals surface area contributed by atoms with E-state index in [2.05, 4.69) is 9.97 Å². The number of aromatic nitrogens is 2. The predicted molar refractivity (Wildman–Crippen MR) is 56.6 cm³/mol. The summed E-state index contributed by atoms with van der Waals surface area (Å²) in [4.78, 5) is 22.4. The van der Waals surface area contributed by atoms with Gasteiger partial charge in [0.05, 0.1) is 12.4 Å². The zero-order valence-electron chi connectivity index (χ0n) is 8.70. The Kier molecular flexibility index (Phi) is 2.96. The third kappa shape index (κ3) is 2.08. The molecule has 1 amide bonds. The smallest absolute Gasteiger partial charge is 0.209 e. The third-order valence-electron chi connectivity index (χ3n) is 2.54. The van der Waals surface area contributed by atoms with Gasteiger partial charge in [0.25, 0.3) is 0 Å². The third-order valence-corrected chi connectivity index (χ3v) is 2.54. The minimum absolute atomic E-state index is 0.315. The van der Waals surface area contributed by atoms with Gasteiger partial charge in [-0.05, 0) is 0 Å². The zero-order chi connectivity index (χ0) is 11.4. The van der Waals surface area contributed by atoms with Crippen molar-refractivity contribution < 1.29 is 4.79 Å². The van der Waals surface area contributed by atoms with Gasteiger partial charge in [-0.15, -0.1) is 0 Å². The van der Waals surface area contributed by atoms with E-state index in [9.17, 15) is 4.79 Å². The summed E-state index contributed by atoms with van der Waals surface area (Å²) in [6.07, 6.45) is 3.92. The van der Waals surface area contributed by atoms with Crippen LogP contribution in [0, 0.1) is 11.3 Å². The molecule has 0 saturated carbocycles. The standard InChI is InChI=1S/C10H11N5O/c11-5-9-6-13-10(7-12-9)15-3-1-14(8-16)2-4-15/h6-8H,1-4H2. The van der Waals surface area contributed by atoms with Gasteiger partial charge in [-0.25, -0.2) is 9.97 Å². The van der Waals surface area contributed by atoms with Crippen LogP contribution in [0.1, 0.15) is 5.69 Å². The second kappa shape index (κ2) is 4.57. The van der Waals surface area contributed by atoms with Crippen LogP contribution in [0.3, 0.4) is 0 Å². The van der Waals surface area contributed by atoms with Crippen LogP contribution in [0.25, 0.3) is 0 Å². The first kappa shape index (κ1) is 10.4. The number of carbonyl (C=O) groups excluding carboxylic acids is 1. The van der Waals surface area contributed by atoms with Gasteiger partial charge < -0.3 is 9.80 Å². The average Bonchev–Trinajstić information content (AvgIpc) is 2.39. The monoisotopic (exact) mass is 217 g/mol. The maximum Gasteiger partial charge on any atom is 0.209 e. The van der Waals surface area contributed by atoms with Gasteiger partial charge >= 0.3 is 0 Å². The largest absolute Gasteiger partial charge is 0.352 e. The van der Waals surface area contributed by atoms with Crippen LogP contribution in [-0.4, -0.2) is 47.5 Å². The van der Waals surface area contributed by atoms with E-state index in [0.717, 1.165) is 25.3 Å². The first-order valence-electron chi connectivity index (χ1n) is 5.00. The lowest BCUT2D eigenvalue weighted by atomic mass is 10.3. The molecule has 0 atom stereocenters. The first-order chi connectivity index (χ1) is 7.83. The molecule has 0 unspecified atom stereocenters. The van der Waals surface area contributed by atoms with Crippen LogP contribution in [0.4, 0.5) is 5.82 Å². The Morgan fingerprint density at radius 2 is 2.00 bits per heavy atom. The molecule has 6 nitrogen and oxygen atoms in total. The summed E-state index contributed by atoms with van der Waals surface area (Å²) in [5.74, 6) is 0.754. The average molecular weight is 217 g/mol. The molecule has 6 heteroatoms. The highest BCUT2D eigenvalue weighted by Gasteiger charge is 2.16. The predicted octanol–water partition coefficient (Wildman–Crippen LogP) is -0.373. The Hall–Kier alpha value is -2.16. The molecule has 1 aromatic heterocycles. The summed E-state index contributed by atoms with van der Waals surface area (Å²) < 4.78 is 0. The molecule has 1 saturated heterocycles. The number of hydrogen-bond acceptors (Lipinski definition) is 5. The Morgan fingerprint density at radius 1 is 1.25 bits per heavy atom. The van der Waals surface area contributed by atoms with Crippen LogP contribution < -0.4 is 4.90 Å². The van der Waals surface area contributed by atoms with Crippen molar-refractivity contribution in [2.75, 3.05) is 31.1 Å². The molecule has 0 radical (unpaired) electrons. The van der Waals surface area contributed by atoms with Gasteiger partial charge in [-0.1, -0.05) is 0 Å². The lowest BCUT2D eigenvalue weighted by Crippen LogP contribution is -2.46. The molecule has 16 heavy (non-hydrogen) atoms. The number of nitrogens with zero attached hydrogens (tertiary/aromatic N) is 5. The quantitative estimate of drug-likeness (QED) is 0.632. The summed E-state index contributed by atoms with van der Waals surface area (Å²) in [6, 6.07) is 1.93. The van der Waals surface area contributed by atoms with E-state index in [0.29, 0.717) is 18.8 Å². The van der Waals surface area contributed by atoms with E-state index < -0.39 is 0 Å². The molecule has 0 N–H and O–H groups in total. The Labute approximate surface area is 93.1 Å². The fourth-order valence-corrected chi connectivity index (χ4v) is 1.60. The molecule has 2 rings (SSSR count). The van der Waals surface area contributed by atoms with E-state index in [1.165, 1.54) is 6.20 Å². The Balaban J connectivity index is 2.03. The van der Waals surface area contributed by atoms with E-state index in [1.807, 2.05) is 11.0 Å². The van der Waals surface area contributed by atoms with Gasteiger partial charge in [0.15, 0.2) is 5.69 Å². The van der Waals surface area contributed by atoms with Crippen LogP contribution in [0.2, 0.25) is 0 Å². The summed E-state index contributed by atoms with van der Waals surface area (Å²) in [6.45, 7) is 2.90. The lowest BCUT2D eigenvalue weighted by Gasteiger charge is -2.32. The Bertz CT molecular complexity index is 402. The lowest BCUT2D eigenvalue weighted by molar-refractivity contribution is -0.118. The molecule has 1 aliphatic rings. The molecule has 2 heterocycles. The van der Waals surface area contributed by atoms with Crippen molar-refractivity contribution in [1.29, 1.82) is 5.26 Å². The van der Waals surface area contributed by atoms with E-state index in [1.54, 1.807) is 11.1 Å². The van der Waals surface area contributed by atoms with Gasteiger partial charge in [-0.2, -0.15) is 5.26 Å². The summed E-state index contributed by atoms with van der Waals surface area (Å²) in [5, 5.41) is 8.59. The fourth-order valence-electron chi connectivity index (χ4n) is 1.60. The topological polar surface area (TPSA) is 73.1 Å². The summed E-state index contributed by atoms with van der Waals surface area (Å²) >= 11 is 0. The number of rotatable bonds is 2. The maximum absolute atomic E-state index is 10.5. The minimum atomic E-state index is 0.315. The highest BCUT2D eigenvalue weighted by Crippen LogP contribution is 2.11. The van der Waals surface area contributed by atoms with Gasteiger partial charge in [0.2, 0.25) is 6.41 Å². The normalized spacial score (nSPS) is 15.7. The number of piperazine rings is 1. The molecule has 0 spiro atoms. The van der Waals surface area contributed by atoms with Gasteiger partial charge in [0, 0.05) is 26.2 Å². The second-order valence-electron chi connectivity index (χ2n) is 3.50. The second-order valence-corrected chi connectivity index (χ2v) is 3.50. The van der Waals surface area contributed by atoms with Crippen molar-refractivity contribution in [2.24, 2.45) is 0 Å². The van der Waals surface area contributed by atoms with Crippen molar-refractivity contribution in [1.82, 2.24) is 14.9 Å². The van der Waals surface area contributed by atoms with Crippen LogP contribution in [0.15, 0.2) is 12.4 Å². The molecule has 1 aliphatic heterocycles. The van der Waals surface area contributed by atoms with Gasteiger partial charge in [-0.3, -0.25) is 4.79 Å². The van der Waals surface area contributed by atoms with Crippen molar-refractivity contribution in [2.45, 2.75) is 0 Å². The molecule has 1 aromatic rings. The number of hydrogen-bond donors (Lipinski definition) is 0. The molecule has 0 bridgehead atoms. The van der Waals surface area contributed by atoms with Crippen molar-refractivity contribution in [3.63, 3.8) is 0 Å². The van der Waals surface area contributed by atoms with Crippen LogP contribution in [-0.2, 0) is 4.79 Å². The highest BCUT2D eigenvalue weighted by molar-refractivity contribution is 5.48. The van der Waals surface area contributed by atoms with E-state index in [4.69, 9.17) is 5.26 Å². The number of anilines is 1. The van der Waals surface area contributed by atoms with Crippen LogP contribution in [0.5, 0.6) is 0 Å². The Morgan fingerprint density at radius 3 is 2.50 bits per heavy atom. The number of nitriles is 1. The molecular weight excluding hydrogens is 206 g/mol. The minimum Gasteiger partial charge on any atom is -0.352 e. The molecule has 82 valence electrons. The van der Waals surface area contributed by atoms with E-state index in [-0.39, 0.29) is 0 Å². The van der Waals surface area contributed by atoms with Crippen molar-refractivity contribution >= 4 is 12.2 Å². The summed E-state index contributed by atoms with van der Waals surface area (Å²) in [5.41, 5.74) is 0.315. The van der Waals surface area contributed by atoms with Crippen LogP contribution >= 0.6 is 0 Å². The first-order valence-corrected chi connectivity index (χ1v) is 5.00. The molecule has 0 aliphatic carbocycles. The number of carbonyl (C=O) groups is 1. The van der Waals surface area contributed by atoms with Crippen molar-refractivity contribution in [3.8, 4) is 6.07 Å². The van der Waals surface area contributed by atoms with E-state index >= 15 is 0 Å². The number of amides is 1. The van der Waals surface area contributed by atoms with Crippen molar-refractivity contribution in [3.05, 3.63) is 18.1 Å². The SMILES string of the molecule is N#Cc1cnc(N2CCN(C=O)CC2)cn1. The van der Waals surface area contributed by atoms with Gasteiger partial charge in [0.1, 0.15) is 11.9 Å². The zero-order valence-corrected chi connectivity index (χ0v) is 8.70.